The Kier molecular flexibility index (Phi) is 4.78. The van der Waals surface area contributed by atoms with Crippen molar-refractivity contribution in [3.8, 4) is 0 Å². The van der Waals surface area contributed by atoms with Crippen molar-refractivity contribution in [3.63, 3.8) is 0 Å². The summed E-state index contributed by atoms with van der Waals surface area (Å²) in [5.74, 6) is 1.04. The van der Waals surface area contributed by atoms with Gasteiger partial charge in [0, 0.05) is 32.2 Å². The lowest BCUT2D eigenvalue weighted by molar-refractivity contribution is -0.134. The molecule has 0 bridgehead atoms. The third-order valence-electron chi connectivity index (χ3n) is 4.13. The number of nitrogens with zero attached hydrogens (tertiary/aromatic N) is 2. The molecule has 0 aromatic rings. The Hall–Kier alpha value is -0.870. The predicted molar refractivity (Wildman–Crippen MR) is 73.2 cm³/mol. The van der Waals surface area contributed by atoms with Crippen LogP contribution in [0.25, 0.3) is 0 Å². The number of hydrogen-bond donors (Lipinski definition) is 1. The number of piperidine rings is 1. The molecule has 1 saturated heterocycles. The van der Waals surface area contributed by atoms with Crippen LogP contribution in [0.2, 0.25) is 0 Å². The molecule has 0 spiro atoms. The van der Waals surface area contributed by atoms with Gasteiger partial charge in [0.15, 0.2) is 0 Å². The molecule has 1 amide bonds. The maximum atomic E-state index is 12.3. The molecular formula is C14H25N3O. The van der Waals surface area contributed by atoms with Crippen molar-refractivity contribution in [2.24, 2.45) is 11.7 Å². The lowest BCUT2D eigenvalue weighted by Crippen LogP contribution is -2.49. The monoisotopic (exact) mass is 251 g/mol. The molecule has 18 heavy (non-hydrogen) atoms. The lowest BCUT2D eigenvalue weighted by Gasteiger charge is -2.35. The molecule has 4 nitrogen and oxygen atoms in total. The van der Waals surface area contributed by atoms with E-state index in [2.05, 4.69) is 24.0 Å². The van der Waals surface area contributed by atoms with Gasteiger partial charge in [0.25, 0.3) is 0 Å². The molecule has 1 unspecified atom stereocenters. The van der Waals surface area contributed by atoms with Crippen LogP contribution in [-0.2, 0) is 4.79 Å². The number of carbonyl (C=O) groups is 1. The fourth-order valence-electron chi connectivity index (χ4n) is 2.74. The Morgan fingerprint density at radius 2 is 2.06 bits per heavy atom. The van der Waals surface area contributed by atoms with Crippen molar-refractivity contribution in [1.29, 1.82) is 0 Å². The van der Waals surface area contributed by atoms with Gasteiger partial charge in [-0.05, 0) is 25.2 Å². The zero-order chi connectivity index (χ0) is 13.0. The first-order valence-electron chi connectivity index (χ1n) is 7.09. The van der Waals surface area contributed by atoms with E-state index in [9.17, 15) is 4.79 Å². The highest BCUT2D eigenvalue weighted by atomic mass is 16.2. The highest BCUT2D eigenvalue weighted by Gasteiger charge is 2.25. The molecule has 0 saturated carbocycles. The predicted octanol–water partition coefficient (Wildman–Crippen LogP) is 0.834. The van der Waals surface area contributed by atoms with E-state index >= 15 is 0 Å². The summed E-state index contributed by atoms with van der Waals surface area (Å²) in [6, 6.07) is 0.242. The van der Waals surface area contributed by atoms with Gasteiger partial charge in [0.05, 0.1) is 6.54 Å². The van der Waals surface area contributed by atoms with Gasteiger partial charge in [0.1, 0.15) is 0 Å². The largest absolute Gasteiger partial charge is 0.342 e. The average Bonchev–Trinajstić information content (AvgIpc) is 2.40. The Morgan fingerprint density at radius 3 is 2.72 bits per heavy atom. The summed E-state index contributed by atoms with van der Waals surface area (Å²) in [6.07, 6.45) is 7.62. The van der Waals surface area contributed by atoms with Crippen LogP contribution < -0.4 is 5.73 Å². The van der Waals surface area contributed by atoms with Crippen molar-refractivity contribution in [2.75, 3.05) is 32.7 Å². The second-order valence-electron chi connectivity index (χ2n) is 5.55. The summed E-state index contributed by atoms with van der Waals surface area (Å²) in [6.45, 7) is 6.20. The molecule has 2 rings (SSSR count). The van der Waals surface area contributed by atoms with Crippen LogP contribution >= 0.6 is 0 Å². The summed E-state index contributed by atoms with van der Waals surface area (Å²) in [5, 5.41) is 0. The summed E-state index contributed by atoms with van der Waals surface area (Å²) < 4.78 is 0. The topological polar surface area (TPSA) is 49.6 Å². The minimum absolute atomic E-state index is 0.242. The molecule has 0 aromatic heterocycles. The molecule has 1 atom stereocenters. The van der Waals surface area contributed by atoms with Gasteiger partial charge in [-0.2, -0.15) is 0 Å². The zero-order valence-electron chi connectivity index (χ0n) is 11.3. The zero-order valence-corrected chi connectivity index (χ0v) is 11.3. The van der Waals surface area contributed by atoms with Crippen LogP contribution in [0, 0.1) is 5.92 Å². The molecule has 102 valence electrons. The van der Waals surface area contributed by atoms with E-state index in [1.54, 1.807) is 0 Å². The molecule has 2 aliphatic rings. The lowest BCUT2D eigenvalue weighted by atomic mass is 9.99. The maximum absolute atomic E-state index is 12.3. The van der Waals surface area contributed by atoms with Gasteiger partial charge in [-0.1, -0.05) is 19.1 Å². The first-order chi connectivity index (χ1) is 8.70. The van der Waals surface area contributed by atoms with Gasteiger partial charge in [-0.25, -0.2) is 0 Å². The quantitative estimate of drug-likeness (QED) is 0.756. The van der Waals surface area contributed by atoms with Crippen molar-refractivity contribution in [3.05, 3.63) is 12.2 Å². The van der Waals surface area contributed by atoms with E-state index in [4.69, 9.17) is 5.73 Å². The minimum Gasteiger partial charge on any atom is -0.342 e. The minimum atomic E-state index is 0.242. The Balaban J connectivity index is 1.85. The number of carbonyl (C=O) groups excluding carboxylic acids is 1. The second-order valence-corrected chi connectivity index (χ2v) is 5.55. The van der Waals surface area contributed by atoms with Gasteiger partial charge in [0.2, 0.25) is 5.91 Å². The van der Waals surface area contributed by atoms with E-state index in [0.717, 1.165) is 44.8 Å². The molecule has 2 N–H and O–H groups in total. The normalized spacial score (nSPS) is 26.6. The smallest absolute Gasteiger partial charge is 0.236 e. The fraction of sp³-hybridized carbons (Fsp3) is 0.786. The van der Waals surface area contributed by atoms with E-state index in [0.29, 0.717) is 13.1 Å². The van der Waals surface area contributed by atoms with Crippen molar-refractivity contribution in [1.82, 2.24) is 9.80 Å². The molecule has 2 aliphatic heterocycles. The van der Waals surface area contributed by atoms with Crippen LogP contribution in [-0.4, -0.2) is 54.5 Å². The number of nitrogens with two attached hydrogens (primary N) is 1. The summed E-state index contributed by atoms with van der Waals surface area (Å²) in [7, 11) is 0. The number of likely N-dealkylation sites (tertiary alicyclic amines) is 1. The molecule has 0 aromatic carbocycles. The molecule has 2 heterocycles. The van der Waals surface area contributed by atoms with Crippen LogP contribution in [0.1, 0.15) is 26.2 Å². The van der Waals surface area contributed by atoms with Crippen molar-refractivity contribution >= 4 is 5.91 Å². The van der Waals surface area contributed by atoms with E-state index in [1.807, 2.05) is 4.90 Å². The Labute approximate surface area is 110 Å². The maximum Gasteiger partial charge on any atom is 0.236 e. The van der Waals surface area contributed by atoms with E-state index in [1.165, 1.54) is 0 Å². The summed E-state index contributed by atoms with van der Waals surface area (Å²) >= 11 is 0. The second kappa shape index (κ2) is 6.34. The third-order valence-corrected chi connectivity index (χ3v) is 4.13. The van der Waals surface area contributed by atoms with Gasteiger partial charge >= 0.3 is 0 Å². The van der Waals surface area contributed by atoms with E-state index in [-0.39, 0.29) is 11.9 Å². The first-order valence-corrected chi connectivity index (χ1v) is 7.09. The van der Waals surface area contributed by atoms with Crippen LogP contribution in [0.5, 0.6) is 0 Å². The molecule has 0 radical (unpaired) electrons. The SMILES string of the molecule is CC1CCN(C(=O)CN2CCC=CC2CN)CC1. The molecule has 0 aliphatic carbocycles. The fourth-order valence-corrected chi connectivity index (χ4v) is 2.74. The highest BCUT2D eigenvalue weighted by Crippen LogP contribution is 2.17. The standard InChI is InChI=1S/C14H25N3O/c1-12-5-8-16(9-6-12)14(18)11-17-7-3-2-4-13(17)10-15/h2,4,12-13H,3,5-11,15H2,1H3. The van der Waals surface area contributed by atoms with Crippen LogP contribution in [0.4, 0.5) is 0 Å². The van der Waals surface area contributed by atoms with Crippen molar-refractivity contribution < 1.29 is 4.79 Å². The average molecular weight is 251 g/mol. The Morgan fingerprint density at radius 1 is 1.33 bits per heavy atom. The molecular weight excluding hydrogens is 226 g/mol. The van der Waals surface area contributed by atoms with Crippen LogP contribution in [0.3, 0.4) is 0 Å². The van der Waals surface area contributed by atoms with Crippen LogP contribution in [0.15, 0.2) is 12.2 Å². The van der Waals surface area contributed by atoms with Gasteiger partial charge in [-0.15, -0.1) is 0 Å². The number of rotatable bonds is 3. The van der Waals surface area contributed by atoms with Gasteiger partial charge in [-0.3, -0.25) is 9.69 Å². The van der Waals surface area contributed by atoms with E-state index < -0.39 is 0 Å². The summed E-state index contributed by atoms with van der Waals surface area (Å²) in [4.78, 5) is 16.5. The summed E-state index contributed by atoms with van der Waals surface area (Å²) in [5.41, 5.74) is 5.75. The molecule has 4 heteroatoms. The Bertz CT molecular complexity index is 308. The number of hydrogen-bond acceptors (Lipinski definition) is 3. The third kappa shape index (κ3) is 3.33. The molecule has 1 fully saturated rings. The first kappa shape index (κ1) is 13.6. The highest BCUT2D eigenvalue weighted by molar-refractivity contribution is 5.78. The van der Waals surface area contributed by atoms with Gasteiger partial charge < -0.3 is 10.6 Å². The van der Waals surface area contributed by atoms with Crippen molar-refractivity contribution in [2.45, 2.75) is 32.2 Å². The number of amides is 1.